The van der Waals surface area contributed by atoms with Crippen LogP contribution in [0, 0.1) is 0 Å². The summed E-state index contributed by atoms with van der Waals surface area (Å²) in [6.07, 6.45) is 1.84. The zero-order valence-electron chi connectivity index (χ0n) is 9.27. The highest BCUT2D eigenvalue weighted by molar-refractivity contribution is 7.89. The van der Waals surface area contributed by atoms with Crippen LogP contribution >= 0.6 is 11.6 Å². The number of sulfonamides is 1. The summed E-state index contributed by atoms with van der Waals surface area (Å²) in [7, 11) is -1.73. The molecule has 96 valence electrons. The van der Waals surface area contributed by atoms with E-state index in [1.54, 1.807) is 7.05 Å². The lowest BCUT2D eigenvalue weighted by Gasteiger charge is -2.07. The zero-order valence-corrected chi connectivity index (χ0v) is 10.8. The highest BCUT2D eigenvalue weighted by Crippen LogP contribution is 2.18. The van der Waals surface area contributed by atoms with Gasteiger partial charge in [-0.1, -0.05) is 11.6 Å². The quantitative estimate of drug-likeness (QED) is 0.645. The fraction of sp³-hybridized carbons (Fsp3) is 0.500. The Morgan fingerprint density at radius 1 is 1.53 bits per heavy atom. The molecule has 0 aliphatic carbocycles. The second-order valence-corrected chi connectivity index (χ2v) is 5.43. The molecule has 0 radical (unpaired) electrons. The number of hydrogen-bond donors (Lipinski definition) is 3. The number of hydrogen-bond acceptors (Lipinski definition) is 6. The zero-order chi connectivity index (χ0) is 12.9. The smallest absolute Gasteiger partial charge is 0.224 e. The maximum atomic E-state index is 10.7. The van der Waals surface area contributed by atoms with Crippen LogP contribution in [0.3, 0.4) is 0 Å². The molecule has 0 amide bonds. The van der Waals surface area contributed by atoms with Gasteiger partial charge in [0.25, 0.3) is 0 Å². The van der Waals surface area contributed by atoms with Crippen molar-refractivity contribution in [3.8, 4) is 0 Å². The Balaban J connectivity index is 2.51. The Labute approximate surface area is 105 Å². The van der Waals surface area contributed by atoms with E-state index in [1.807, 2.05) is 0 Å². The fourth-order valence-electron chi connectivity index (χ4n) is 1.09. The molecule has 7 nitrogen and oxygen atoms in total. The molecule has 0 aliphatic rings. The molecule has 1 rings (SSSR count). The van der Waals surface area contributed by atoms with Crippen molar-refractivity contribution in [1.82, 2.24) is 9.97 Å². The second kappa shape index (κ2) is 5.99. The Morgan fingerprint density at radius 2 is 2.24 bits per heavy atom. The van der Waals surface area contributed by atoms with Crippen LogP contribution in [0.5, 0.6) is 0 Å². The molecule has 9 heteroatoms. The lowest BCUT2D eigenvalue weighted by atomic mass is 10.4. The van der Waals surface area contributed by atoms with Gasteiger partial charge in [-0.25, -0.2) is 18.5 Å². The Bertz CT molecular complexity index is 479. The van der Waals surface area contributed by atoms with Crippen LogP contribution in [0.2, 0.25) is 5.02 Å². The standard InChI is InChI=1S/C8H14ClN5O2S/c1-11-8-13-5-6(9)7(14-8)12-3-2-4-17(10,15)16/h5H,2-4H2,1H3,(H2,10,15,16)(H2,11,12,13,14). The molecule has 0 bridgehead atoms. The van der Waals surface area contributed by atoms with Crippen molar-refractivity contribution >= 4 is 33.4 Å². The molecule has 0 aromatic carbocycles. The Hall–Kier alpha value is -1.12. The van der Waals surface area contributed by atoms with Crippen LogP contribution < -0.4 is 15.8 Å². The minimum Gasteiger partial charge on any atom is -0.369 e. The van der Waals surface area contributed by atoms with E-state index in [2.05, 4.69) is 20.6 Å². The van der Waals surface area contributed by atoms with Crippen molar-refractivity contribution in [3.05, 3.63) is 11.2 Å². The summed E-state index contributed by atoms with van der Waals surface area (Å²) in [5, 5.41) is 10.9. The molecule has 17 heavy (non-hydrogen) atoms. The lowest BCUT2D eigenvalue weighted by molar-refractivity contribution is 0.595. The van der Waals surface area contributed by atoms with Crippen molar-refractivity contribution in [2.24, 2.45) is 5.14 Å². The van der Waals surface area contributed by atoms with Gasteiger partial charge in [0.2, 0.25) is 16.0 Å². The van der Waals surface area contributed by atoms with Gasteiger partial charge in [-0.15, -0.1) is 0 Å². The maximum absolute atomic E-state index is 10.7. The highest BCUT2D eigenvalue weighted by Gasteiger charge is 2.05. The number of rotatable bonds is 6. The molecule has 0 spiro atoms. The Kier molecular flexibility index (Phi) is 4.91. The first-order valence-corrected chi connectivity index (χ1v) is 6.96. The molecule has 1 aromatic rings. The first kappa shape index (κ1) is 13.9. The van der Waals surface area contributed by atoms with Crippen molar-refractivity contribution in [2.45, 2.75) is 6.42 Å². The average molecular weight is 280 g/mol. The van der Waals surface area contributed by atoms with Gasteiger partial charge in [0.15, 0.2) is 0 Å². The number of nitrogens with zero attached hydrogens (tertiary/aromatic N) is 2. The number of nitrogens with one attached hydrogen (secondary N) is 2. The van der Waals surface area contributed by atoms with Gasteiger partial charge in [-0.05, 0) is 6.42 Å². The summed E-state index contributed by atoms with van der Waals surface area (Å²) < 4.78 is 21.4. The number of anilines is 2. The summed E-state index contributed by atoms with van der Waals surface area (Å²) in [6.45, 7) is 0.413. The van der Waals surface area contributed by atoms with Gasteiger partial charge in [0.1, 0.15) is 10.8 Å². The van der Waals surface area contributed by atoms with Gasteiger partial charge < -0.3 is 10.6 Å². The molecule has 0 aliphatic heterocycles. The van der Waals surface area contributed by atoms with E-state index in [0.29, 0.717) is 29.8 Å². The van der Waals surface area contributed by atoms with Crippen LogP contribution in [-0.4, -0.2) is 37.7 Å². The molecule has 0 fully saturated rings. The highest BCUT2D eigenvalue weighted by atomic mass is 35.5. The third-order valence-electron chi connectivity index (χ3n) is 1.87. The van der Waals surface area contributed by atoms with E-state index in [-0.39, 0.29) is 5.75 Å². The molecular formula is C8H14ClN5O2S. The van der Waals surface area contributed by atoms with Crippen LogP contribution in [0.25, 0.3) is 0 Å². The normalized spacial score (nSPS) is 11.2. The van der Waals surface area contributed by atoms with E-state index in [9.17, 15) is 8.42 Å². The van der Waals surface area contributed by atoms with E-state index in [1.165, 1.54) is 6.20 Å². The summed E-state index contributed by atoms with van der Waals surface area (Å²) in [5.74, 6) is 0.811. The van der Waals surface area contributed by atoms with Crippen molar-refractivity contribution in [1.29, 1.82) is 0 Å². The van der Waals surface area contributed by atoms with E-state index >= 15 is 0 Å². The third-order valence-corrected chi connectivity index (χ3v) is 3.00. The van der Waals surface area contributed by atoms with Gasteiger partial charge in [0, 0.05) is 13.6 Å². The van der Waals surface area contributed by atoms with Crippen molar-refractivity contribution in [2.75, 3.05) is 30.0 Å². The summed E-state index contributed by atoms with van der Waals surface area (Å²) in [6, 6.07) is 0. The van der Waals surface area contributed by atoms with Crippen molar-refractivity contribution < 1.29 is 8.42 Å². The van der Waals surface area contributed by atoms with E-state index in [0.717, 1.165) is 0 Å². The molecule has 1 aromatic heterocycles. The molecule has 4 N–H and O–H groups in total. The number of primary sulfonamides is 1. The summed E-state index contributed by atoms with van der Waals surface area (Å²) >= 11 is 5.86. The molecule has 0 atom stereocenters. The Morgan fingerprint density at radius 3 is 2.82 bits per heavy atom. The minimum absolute atomic E-state index is 0.0818. The fourth-order valence-corrected chi connectivity index (χ4v) is 1.80. The number of aromatic nitrogens is 2. The summed E-state index contributed by atoms with van der Waals surface area (Å²) in [5.41, 5.74) is 0. The first-order valence-electron chi connectivity index (χ1n) is 4.87. The molecule has 0 unspecified atom stereocenters. The van der Waals surface area contributed by atoms with Gasteiger partial charge in [0.05, 0.1) is 11.9 Å². The molecular weight excluding hydrogens is 266 g/mol. The first-order chi connectivity index (χ1) is 7.92. The SMILES string of the molecule is CNc1ncc(Cl)c(NCCCS(N)(=O)=O)n1. The monoisotopic (exact) mass is 279 g/mol. The van der Waals surface area contributed by atoms with Crippen LogP contribution in [0.15, 0.2) is 6.20 Å². The largest absolute Gasteiger partial charge is 0.369 e. The van der Waals surface area contributed by atoms with Crippen LogP contribution in [-0.2, 0) is 10.0 Å². The van der Waals surface area contributed by atoms with Gasteiger partial charge >= 0.3 is 0 Å². The molecule has 1 heterocycles. The average Bonchev–Trinajstić information content (AvgIpc) is 2.25. The van der Waals surface area contributed by atoms with Gasteiger partial charge in [-0.2, -0.15) is 4.98 Å². The van der Waals surface area contributed by atoms with E-state index in [4.69, 9.17) is 16.7 Å². The summed E-state index contributed by atoms with van der Waals surface area (Å²) in [4.78, 5) is 7.99. The molecule has 0 saturated heterocycles. The second-order valence-electron chi connectivity index (χ2n) is 3.29. The predicted molar refractivity (Wildman–Crippen MR) is 67.7 cm³/mol. The van der Waals surface area contributed by atoms with Gasteiger partial charge in [-0.3, -0.25) is 0 Å². The van der Waals surface area contributed by atoms with Crippen molar-refractivity contribution in [3.63, 3.8) is 0 Å². The maximum Gasteiger partial charge on any atom is 0.224 e. The number of halogens is 1. The number of nitrogens with two attached hydrogens (primary N) is 1. The molecule has 0 saturated carbocycles. The lowest BCUT2D eigenvalue weighted by Crippen LogP contribution is -2.19. The minimum atomic E-state index is -3.42. The van der Waals surface area contributed by atoms with Crippen LogP contribution in [0.1, 0.15) is 6.42 Å². The predicted octanol–water partition coefficient (Wildman–Crippen LogP) is 0.262. The van der Waals surface area contributed by atoms with E-state index < -0.39 is 10.0 Å². The van der Waals surface area contributed by atoms with Crippen LogP contribution in [0.4, 0.5) is 11.8 Å². The third kappa shape index (κ3) is 5.16. The topological polar surface area (TPSA) is 110 Å².